The van der Waals surface area contributed by atoms with E-state index in [1.807, 2.05) is 0 Å². The third-order valence-corrected chi connectivity index (χ3v) is 4.25. The van der Waals surface area contributed by atoms with Crippen molar-refractivity contribution < 1.29 is 22.8 Å². The van der Waals surface area contributed by atoms with E-state index in [0.717, 1.165) is 30.0 Å². The summed E-state index contributed by atoms with van der Waals surface area (Å²) in [5.74, 6) is 0. The van der Waals surface area contributed by atoms with Gasteiger partial charge in [0.15, 0.2) is 0 Å². The number of amides is 1. The van der Waals surface area contributed by atoms with Crippen molar-refractivity contribution in [3.05, 3.63) is 53.3 Å². The predicted molar refractivity (Wildman–Crippen MR) is 90.1 cm³/mol. The molecule has 1 saturated heterocycles. The molecule has 1 aromatic heterocycles. The average Bonchev–Trinajstić information content (AvgIpc) is 3.14. The maximum atomic E-state index is 12.8. The van der Waals surface area contributed by atoms with Gasteiger partial charge in [-0.2, -0.15) is 18.2 Å². The van der Waals surface area contributed by atoms with Crippen LogP contribution < -0.4 is 5.06 Å². The van der Waals surface area contributed by atoms with Gasteiger partial charge in [0.2, 0.25) is 0 Å². The number of rotatable bonds is 3. The molecule has 0 unspecified atom stereocenters. The number of carbonyl (C=O) groups is 1. The van der Waals surface area contributed by atoms with Crippen LogP contribution in [0.15, 0.2) is 42.7 Å². The van der Waals surface area contributed by atoms with Crippen LogP contribution in [0.4, 0.5) is 29.3 Å². The van der Waals surface area contributed by atoms with Crippen LogP contribution in [0, 0.1) is 0 Å². The van der Waals surface area contributed by atoms with Crippen LogP contribution in [0.25, 0.3) is 0 Å². The average molecular weight is 386 g/mol. The summed E-state index contributed by atoms with van der Waals surface area (Å²) in [6, 6.07) is 5.75. The van der Waals surface area contributed by atoms with Crippen LogP contribution in [0.5, 0.6) is 0 Å². The van der Waals surface area contributed by atoms with Crippen molar-refractivity contribution in [2.45, 2.75) is 19.0 Å². The molecular weight excluding hydrogens is 371 g/mol. The summed E-state index contributed by atoms with van der Waals surface area (Å²) in [5, 5.41) is 1.34. The molecular formula is C17H15ClF3N3O2. The van der Waals surface area contributed by atoms with Crippen LogP contribution >= 0.6 is 11.6 Å². The zero-order valence-electron chi connectivity index (χ0n) is 13.5. The third-order valence-electron chi connectivity index (χ3n) is 3.93. The summed E-state index contributed by atoms with van der Waals surface area (Å²) in [6.07, 6.45) is -0.466. The third kappa shape index (κ3) is 4.01. The molecule has 5 nitrogen and oxygen atoms in total. The van der Waals surface area contributed by atoms with Crippen LogP contribution in [-0.4, -0.2) is 29.1 Å². The van der Waals surface area contributed by atoms with Crippen molar-refractivity contribution in [3.63, 3.8) is 0 Å². The molecule has 0 saturated carbocycles. The predicted octanol–water partition coefficient (Wildman–Crippen LogP) is 5.04. The lowest BCUT2D eigenvalue weighted by molar-refractivity contribution is -0.137. The number of benzene rings is 1. The minimum atomic E-state index is -4.46. The number of pyridine rings is 1. The number of anilines is 2. The number of aromatic nitrogens is 1. The first-order chi connectivity index (χ1) is 12.4. The Bertz CT molecular complexity index is 778. The summed E-state index contributed by atoms with van der Waals surface area (Å²) in [4.78, 5) is 23.3. The lowest BCUT2D eigenvalue weighted by atomic mass is 10.2. The van der Waals surface area contributed by atoms with Gasteiger partial charge >= 0.3 is 12.3 Å². The Morgan fingerprint density at radius 1 is 1.15 bits per heavy atom. The topological polar surface area (TPSA) is 45.7 Å². The Morgan fingerprint density at radius 3 is 2.38 bits per heavy atom. The van der Waals surface area contributed by atoms with E-state index < -0.39 is 17.8 Å². The first-order valence-electron chi connectivity index (χ1n) is 7.90. The molecule has 0 bridgehead atoms. The molecule has 138 valence electrons. The number of alkyl halides is 3. The van der Waals surface area contributed by atoms with E-state index in [0.29, 0.717) is 13.1 Å². The monoisotopic (exact) mass is 385 g/mol. The van der Waals surface area contributed by atoms with E-state index in [-0.39, 0.29) is 16.4 Å². The smallest absolute Gasteiger partial charge is 0.316 e. The second-order valence-corrected chi connectivity index (χ2v) is 6.12. The van der Waals surface area contributed by atoms with Crippen molar-refractivity contribution in [2.24, 2.45) is 0 Å². The lowest BCUT2D eigenvalue weighted by Gasteiger charge is -2.26. The van der Waals surface area contributed by atoms with Gasteiger partial charge < -0.3 is 9.74 Å². The molecule has 0 spiro atoms. The molecule has 26 heavy (non-hydrogen) atoms. The molecule has 0 atom stereocenters. The highest BCUT2D eigenvalue weighted by Gasteiger charge is 2.31. The second kappa shape index (κ2) is 7.41. The van der Waals surface area contributed by atoms with Crippen molar-refractivity contribution in [3.8, 4) is 0 Å². The summed E-state index contributed by atoms with van der Waals surface area (Å²) >= 11 is 6.15. The van der Waals surface area contributed by atoms with E-state index in [2.05, 4.69) is 4.98 Å². The minimum absolute atomic E-state index is 0.223. The highest BCUT2D eigenvalue weighted by Crippen LogP contribution is 2.35. The quantitative estimate of drug-likeness (QED) is 0.694. The largest absolute Gasteiger partial charge is 0.434 e. The summed E-state index contributed by atoms with van der Waals surface area (Å²) in [7, 11) is 0. The molecule has 2 heterocycles. The van der Waals surface area contributed by atoms with Gasteiger partial charge in [0.05, 0.1) is 22.5 Å². The maximum absolute atomic E-state index is 12.8. The van der Waals surface area contributed by atoms with Gasteiger partial charge in [-0.1, -0.05) is 11.6 Å². The molecule has 0 radical (unpaired) electrons. The Balaban J connectivity index is 1.92. The zero-order valence-corrected chi connectivity index (χ0v) is 14.3. The standard InChI is InChI=1S/C17H15ClF3N3O2/c18-14-7-8-22-11-15(14)24(26-16(25)23-9-1-2-10-23)13-5-3-12(4-6-13)17(19,20)21/h3-8,11H,1-2,9-10H2. The van der Waals surface area contributed by atoms with Crippen molar-refractivity contribution in [1.82, 2.24) is 9.88 Å². The van der Waals surface area contributed by atoms with Gasteiger partial charge in [-0.25, -0.2) is 4.79 Å². The van der Waals surface area contributed by atoms with Crippen LogP contribution in [-0.2, 0) is 11.0 Å². The molecule has 1 aliphatic rings. The fourth-order valence-electron chi connectivity index (χ4n) is 2.58. The van der Waals surface area contributed by atoms with Gasteiger partial charge in [-0.05, 0) is 43.2 Å². The SMILES string of the molecule is O=C(ON(c1ccc(C(F)(F)F)cc1)c1cnccc1Cl)N1CCCC1. The Labute approximate surface area is 152 Å². The molecule has 1 fully saturated rings. The number of halogens is 4. The van der Waals surface area contributed by atoms with Crippen LogP contribution in [0.3, 0.4) is 0 Å². The normalized spacial score (nSPS) is 14.4. The highest BCUT2D eigenvalue weighted by molar-refractivity contribution is 6.33. The number of hydrogen-bond acceptors (Lipinski definition) is 4. The van der Waals surface area contributed by atoms with Gasteiger partial charge in [0.1, 0.15) is 5.69 Å². The van der Waals surface area contributed by atoms with Gasteiger partial charge in [0, 0.05) is 19.3 Å². The minimum Gasteiger partial charge on any atom is -0.316 e. The number of nitrogens with zero attached hydrogens (tertiary/aromatic N) is 3. The molecule has 1 amide bonds. The Morgan fingerprint density at radius 2 is 1.81 bits per heavy atom. The molecule has 0 N–H and O–H groups in total. The number of likely N-dealkylation sites (tertiary alicyclic amines) is 1. The fraction of sp³-hybridized carbons (Fsp3) is 0.294. The van der Waals surface area contributed by atoms with Crippen LogP contribution in [0.2, 0.25) is 5.02 Å². The molecule has 3 rings (SSSR count). The summed E-state index contributed by atoms with van der Waals surface area (Å²) in [6.45, 7) is 1.14. The van der Waals surface area contributed by atoms with E-state index in [1.165, 1.54) is 35.5 Å². The van der Waals surface area contributed by atoms with E-state index >= 15 is 0 Å². The van der Waals surface area contributed by atoms with Crippen LogP contribution in [0.1, 0.15) is 18.4 Å². The first kappa shape index (κ1) is 18.3. The number of carbonyl (C=O) groups excluding carboxylic acids is 1. The zero-order chi connectivity index (χ0) is 18.7. The van der Waals surface area contributed by atoms with Gasteiger partial charge in [0.25, 0.3) is 0 Å². The second-order valence-electron chi connectivity index (χ2n) is 5.72. The first-order valence-corrected chi connectivity index (χ1v) is 8.28. The molecule has 2 aromatic rings. The molecule has 1 aliphatic heterocycles. The van der Waals surface area contributed by atoms with Crippen molar-refractivity contribution in [2.75, 3.05) is 18.2 Å². The Hall–Kier alpha value is -2.48. The van der Waals surface area contributed by atoms with Gasteiger partial charge in [-0.3, -0.25) is 4.98 Å². The van der Waals surface area contributed by atoms with E-state index in [1.54, 1.807) is 0 Å². The van der Waals surface area contributed by atoms with E-state index in [4.69, 9.17) is 16.4 Å². The summed E-state index contributed by atoms with van der Waals surface area (Å²) in [5.41, 5.74) is -0.328. The number of hydrogen-bond donors (Lipinski definition) is 0. The maximum Gasteiger partial charge on any atom is 0.434 e. The fourth-order valence-corrected chi connectivity index (χ4v) is 2.76. The Kier molecular flexibility index (Phi) is 5.22. The van der Waals surface area contributed by atoms with Crippen molar-refractivity contribution in [1.29, 1.82) is 0 Å². The lowest BCUT2D eigenvalue weighted by Crippen LogP contribution is -2.34. The molecule has 0 aliphatic carbocycles. The van der Waals surface area contributed by atoms with Crippen molar-refractivity contribution >= 4 is 29.1 Å². The van der Waals surface area contributed by atoms with E-state index in [9.17, 15) is 18.0 Å². The summed E-state index contributed by atoms with van der Waals surface area (Å²) < 4.78 is 38.4. The molecule has 1 aromatic carbocycles. The molecule has 9 heteroatoms. The van der Waals surface area contributed by atoms with Gasteiger partial charge in [-0.15, -0.1) is 0 Å². The highest BCUT2D eigenvalue weighted by atomic mass is 35.5.